The van der Waals surface area contributed by atoms with Crippen molar-refractivity contribution >= 4 is 29.2 Å². The molecule has 152 valence electrons. The summed E-state index contributed by atoms with van der Waals surface area (Å²) in [5.41, 5.74) is 3.47. The molecule has 10 heteroatoms. The molecule has 2 aliphatic heterocycles. The van der Waals surface area contributed by atoms with Gasteiger partial charge in [-0.15, -0.1) is 11.3 Å². The van der Waals surface area contributed by atoms with Gasteiger partial charge in [0.25, 0.3) is 5.91 Å². The van der Waals surface area contributed by atoms with Crippen LogP contribution >= 0.6 is 11.3 Å². The average Bonchev–Trinajstić information content (AvgIpc) is 3.10. The fourth-order valence-corrected chi connectivity index (χ4v) is 4.02. The number of urea groups is 1. The van der Waals surface area contributed by atoms with Gasteiger partial charge in [0.05, 0.1) is 29.9 Å². The summed E-state index contributed by atoms with van der Waals surface area (Å²) < 4.78 is 5.08. The normalized spacial score (nSPS) is 18.4. The van der Waals surface area contributed by atoms with E-state index < -0.39 is 5.97 Å². The Kier molecular flexibility index (Phi) is 6.63. The molecule has 1 saturated heterocycles. The summed E-state index contributed by atoms with van der Waals surface area (Å²) in [5, 5.41) is 8.42. The summed E-state index contributed by atoms with van der Waals surface area (Å²) >= 11 is 1.35. The van der Waals surface area contributed by atoms with E-state index in [1.54, 1.807) is 12.4 Å². The number of nitrogens with zero attached hydrogens (tertiary/aromatic N) is 2. The van der Waals surface area contributed by atoms with Gasteiger partial charge in [-0.25, -0.2) is 14.6 Å². The van der Waals surface area contributed by atoms with Crippen LogP contribution in [0.3, 0.4) is 0 Å². The number of hydrogen-bond acceptors (Lipinski definition) is 7. The van der Waals surface area contributed by atoms with E-state index in [1.807, 2.05) is 6.92 Å². The molecule has 1 aromatic rings. The molecule has 9 nitrogen and oxygen atoms in total. The van der Waals surface area contributed by atoms with Crippen LogP contribution in [0.1, 0.15) is 35.1 Å². The van der Waals surface area contributed by atoms with Gasteiger partial charge in [0.1, 0.15) is 4.88 Å². The molecule has 0 saturated carbocycles. The zero-order valence-electron chi connectivity index (χ0n) is 16.0. The maximum Gasteiger partial charge on any atom is 0.337 e. The van der Waals surface area contributed by atoms with Gasteiger partial charge in [0.2, 0.25) is 0 Å². The van der Waals surface area contributed by atoms with Crippen LogP contribution in [0.15, 0.2) is 16.8 Å². The number of aryl methyl sites for hydroxylation is 1. The fraction of sp³-hybridized carbons (Fsp3) is 0.556. The molecular weight excluding hydrogens is 382 g/mol. The van der Waals surface area contributed by atoms with E-state index in [0.29, 0.717) is 22.7 Å². The highest BCUT2D eigenvalue weighted by molar-refractivity contribution is 7.11. The number of thiazole rings is 1. The second-order valence-corrected chi connectivity index (χ2v) is 7.63. The number of amides is 3. The van der Waals surface area contributed by atoms with Crippen LogP contribution in [0.25, 0.3) is 0 Å². The Morgan fingerprint density at radius 3 is 2.79 bits per heavy atom. The Morgan fingerprint density at radius 1 is 1.39 bits per heavy atom. The third kappa shape index (κ3) is 4.87. The van der Waals surface area contributed by atoms with Crippen LogP contribution in [-0.2, 0) is 9.53 Å². The summed E-state index contributed by atoms with van der Waals surface area (Å²) in [6.07, 6.45) is 1.61. The molecule has 0 unspecified atom stereocenters. The number of aromatic nitrogens is 1. The number of ether oxygens (including phenoxy) is 1. The highest BCUT2D eigenvalue weighted by atomic mass is 32.1. The molecule has 3 rings (SSSR count). The van der Waals surface area contributed by atoms with Crippen LogP contribution in [0.4, 0.5) is 4.79 Å². The summed E-state index contributed by atoms with van der Waals surface area (Å²) in [6.45, 7) is 6.02. The summed E-state index contributed by atoms with van der Waals surface area (Å²) in [6, 6.07) is -0.212. The standard InChI is InChI=1S/C18H25N5O4S/c1-3-27-17(25)13-8-19-18(26)22-14(13)9-23-6-4-12(5-7-23)21-16(24)15-11(2)20-10-28-15/h10,12H,3-9H2,1-2H3,(H,21,24)(H2,19,22,26). The number of piperidine rings is 1. The zero-order valence-corrected chi connectivity index (χ0v) is 16.9. The third-order valence-electron chi connectivity index (χ3n) is 4.83. The van der Waals surface area contributed by atoms with Crippen LogP contribution in [0, 0.1) is 6.92 Å². The van der Waals surface area contributed by atoms with E-state index in [1.165, 1.54) is 11.3 Å². The van der Waals surface area contributed by atoms with E-state index in [9.17, 15) is 14.4 Å². The predicted octanol–water partition coefficient (Wildman–Crippen LogP) is 0.776. The van der Waals surface area contributed by atoms with Gasteiger partial charge in [0, 0.05) is 31.4 Å². The molecule has 0 radical (unpaired) electrons. The molecule has 3 heterocycles. The number of carbonyl (C=O) groups is 3. The minimum absolute atomic E-state index is 0.0728. The van der Waals surface area contributed by atoms with Gasteiger partial charge in [-0.2, -0.15) is 0 Å². The van der Waals surface area contributed by atoms with Crippen molar-refractivity contribution in [2.24, 2.45) is 0 Å². The molecule has 3 amide bonds. The van der Waals surface area contributed by atoms with Crippen molar-refractivity contribution in [3.05, 3.63) is 27.4 Å². The number of hydrogen-bond donors (Lipinski definition) is 3. The topological polar surface area (TPSA) is 113 Å². The Bertz CT molecular complexity index is 783. The summed E-state index contributed by atoms with van der Waals surface area (Å²) in [5.74, 6) is -0.483. The lowest BCUT2D eigenvalue weighted by Crippen LogP contribution is -2.49. The molecule has 0 atom stereocenters. The lowest BCUT2D eigenvalue weighted by Gasteiger charge is -2.34. The Balaban J connectivity index is 1.55. The van der Waals surface area contributed by atoms with E-state index >= 15 is 0 Å². The SMILES string of the molecule is CCOC(=O)C1=C(CN2CCC(NC(=O)c3scnc3C)CC2)NC(=O)NC1. The second-order valence-electron chi connectivity index (χ2n) is 6.78. The molecule has 0 aromatic carbocycles. The first-order valence-corrected chi connectivity index (χ1v) is 10.2. The van der Waals surface area contributed by atoms with Gasteiger partial charge in [-0.3, -0.25) is 9.69 Å². The van der Waals surface area contributed by atoms with E-state index in [-0.39, 0.29) is 31.1 Å². The molecule has 1 aromatic heterocycles. The van der Waals surface area contributed by atoms with Crippen LogP contribution < -0.4 is 16.0 Å². The van der Waals surface area contributed by atoms with Crippen molar-refractivity contribution in [2.45, 2.75) is 32.7 Å². The van der Waals surface area contributed by atoms with E-state index in [4.69, 9.17) is 4.74 Å². The lowest BCUT2D eigenvalue weighted by molar-refractivity contribution is -0.138. The average molecular weight is 407 g/mol. The summed E-state index contributed by atoms with van der Waals surface area (Å²) in [7, 11) is 0. The zero-order chi connectivity index (χ0) is 20.1. The third-order valence-corrected chi connectivity index (χ3v) is 5.76. The minimum atomic E-state index is -0.410. The van der Waals surface area contributed by atoms with Gasteiger partial charge >= 0.3 is 12.0 Å². The van der Waals surface area contributed by atoms with E-state index in [0.717, 1.165) is 31.6 Å². The maximum atomic E-state index is 12.3. The maximum absolute atomic E-state index is 12.3. The predicted molar refractivity (Wildman–Crippen MR) is 104 cm³/mol. The van der Waals surface area contributed by atoms with Crippen molar-refractivity contribution in [1.82, 2.24) is 25.8 Å². The second kappa shape index (κ2) is 9.16. The summed E-state index contributed by atoms with van der Waals surface area (Å²) in [4.78, 5) is 43.1. The van der Waals surface area contributed by atoms with Crippen molar-refractivity contribution in [1.29, 1.82) is 0 Å². The molecule has 0 bridgehead atoms. The van der Waals surface area contributed by atoms with Crippen LogP contribution in [0.2, 0.25) is 0 Å². The van der Waals surface area contributed by atoms with Crippen LogP contribution in [0.5, 0.6) is 0 Å². The number of carbonyl (C=O) groups excluding carboxylic acids is 3. The van der Waals surface area contributed by atoms with Crippen LogP contribution in [-0.4, -0.2) is 66.6 Å². The molecular formula is C18H25N5O4S. The van der Waals surface area contributed by atoms with E-state index in [2.05, 4.69) is 25.8 Å². The van der Waals surface area contributed by atoms with Gasteiger partial charge in [-0.1, -0.05) is 0 Å². The highest BCUT2D eigenvalue weighted by Gasteiger charge is 2.27. The number of nitrogens with one attached hydrogen (secondary N) is 3. The minimum Gasteiger partial charge on any atom is -0.463 e. The molecule has 0 spiro atoms. The monoisotopic (exact) mass is 407 g/mol. The number of esters is 1. The fourth-order valence-electron chi connectivity index (χ4n) is 3.31. The quantitative estimate of drug-likeness (QED) is 0.601. The smallest absolute Gasteiger partial charge is 0.337 e. The molecule has 3 N–H and O–H groups in total. The first-order valence-electron chi connectivity index (χ1n) is 9.35. The van der Waals surface area contributed by atoms with Crippen molar-refractivity contribution in [2.75, 3.05) is 32.8 Å². The lowest BCUT2D eigenvalue weighted by atomic mass is 10.0. The first kappa shape index (κ1) is 20.3. The Hall–Kier alpha value is -2.46. The highest BCUT2D eigenvalue weighted by Crippen LogP contribution is 2.17. The van der Waals surface area contributed by atoms with Gasteiger partial charge in [0.15, 0.2) is 0 Å². The number of rotatable bonds is 6. The molecule has 28 heavy (non-hydrogen) atoms. The molecule has 2 aliphatic rings. The Labute approximate surface area is 167 Å². The number of likely N-dealkylation sites (tertiary alicyclic amines) is 1. The van der Waals surface area contributed by atoms with Gasteiger partial charge in [-0.05, 0) is 26.7 Å². The molecule has 0 aliphatic carbocycles. The Morgan fingerprint density at radius 2 is 2.14 bits per heavy atom. The molecule has 1 fully saturated rings. The largest absolute Gasteiger partial charge is 0.463 e. The first-order chi connectivity index (χ1) is 13.5. The van der Waals surface area contributed by atoms with Crippen molar-refractivity contribution < 1.29 is 19.1 Å². The van der Waals surface area contributed by atoms with Crippen molar-refractivity contribution in [3.63, 3.8) is 0 Å². The van der Waals surface area contributed by atoms with Crippen molar-refractivity contribution in [3.8, 4) is 0 Å². The van der Waals surface area contributed by atoms with Gasteiger partial charge < -0.3 is 20.7 Å².